The molecule has 0 saturated carbocycles. The van der Waals surface area contributed by atoms with Gasteiger partial charge in [-0.05, 0) is 24.0 Å². The van der Waals surface area contributed by atoms with Gasteiger partial charge in [-0.3, -0.25) is 0 Å². The zero-order valence-corrected chi connectivity index (χ0v) is 18.5. The van der Waals surface area contributed by atoms with Gasteiger partial charge < -0.3 is 14.6 Å². The summed E-state index contributed by atoms with van der Waals surface area (Å²) in [4.78, 5) is 25.4. The van der Waals surface area contributed by atoms with E-state index in [2.05, 4.69) is 12.0 Å². The number of benzene rings is 2. The van der Waals surface area contributed by atoms with Crippen molar-refractivity contribution in [1.82, 2.24) is 10.4 Å². The van der Waals surface area contributed by atoms with Gasteiger partial charge in [-0.1, -0.05) is 86.5 Å². The van der Waals surface area contributed by atoms with Gasteiger partial charge in [-0.15, -0.1) is 6.58 Å². The van der Waals surface area contributed by atoms with E-state index in [4.69, 9.17) is 9.47 Å². The molecule has 2 rings (SSSR count). The molecule has 7 nitrogen and oxygen atoms in total. The average Bonchev–Trinajstić information content (AvgIpc) is 2.82. The van der Waals surface area contributed by atoms with Crippen LogP contribution in [0.3, 0.4) is 0 Å². The summed E-state index contributed by atoms with van der Waals surface area (Å²) < 4.78 is 10.7. The number of aliphatic hydroxyl groups excluding tert-OH is 1. The summed E-state index contributed by atoms with van der Waals surface area (Å²) in [5, 5.41) is 11.7. The van der Waals surface area contributed by atoms with Gasteiger partial charge in [0.2, 0.25) is 0 Å². The van der Waals surface area contributed by atoms with E-state index in [9.17, 15) is 14.7 Å². The van der Waals surface area contributed by atoms with E-state index in [1.54, 1.807) is 6.08 Å². The molecule has 0 aliphatic rings. The molecular formula is C25H32N2O5. The van der Waals surface area contributed by atoms with Crippen LogP contribution in [-0.4, -0.2) is 34.4 Å². The molecule has 172 valence electrons. The molecule has 0 aliphatic carbocycles. The number of carbonyl (C=O) groups excluding carboxylic acids is 2. The number of rotatable bonds is 11. The lowest BCUT2D eigenvalue weighted by Gasteiger charge is -2.33. The monoisotopic (exact) mass is 440 g/mol. The summed E-state index contributed by atoms with van der Waals surface area (Å²) in [7, 11) is 0. The van der Waals surface area contributed by atoms with Crippen molar-refractivity contribution in [3.63, 3.8) is 0 Å². The first-order chi connectivity index (χ1) is 15.5. The maximum Gasteiger partial charge on any atom is 0.429 e. The molecule has 2 aromatic rings. The Morgan fingerprint density at radius 3 is 2.12 bits per heavy atom. The van der Waals surface area contributed by atoms with Gasteiger partial charge in [0.25, 0.3) is 0 Å². The van der Waals surface area contributed by atoms with Gasteiger partial charge in [-0.2, -0.15) is 0 Å². The Kier molecular flexibility index (Phi) is 10.8. The normalized spacial score (nSPS) is 12.3. The Morgan fingerprint density at radius 1 is 1.03 bits per heavy atom. The predicted molar refractivity (Wildman–Crippen MR) is 122 cm³/mol. The lowest BCUT2D eigenvalue weighted by molar-refractivity contribution is 0.00172. The summed E-state index contributed by atoms with van der Waals surface area (Å²) in [5.74, 6) is 0. The summed E-state index contributed by atoms with van der Waals surface area (Å²) >= 11 is 0. The topological polar surface area (TPSA) is 88.1 Å². The molecule has 32 heavy (non-hydrogen) atoms. The van der Waals surface area contributed by atoms with Crippen molar-refractivity contribution in [2.75, 3.05) is 0 Å². The quantitative estimate of drug-likeness (QED) is 0.381. The van der Waals surface area contributed by atoms with E-state index >= 15 is 0 Å². The molecule has 0 spiro atoms. The number of ether oxygens (including phenoxy) is 2. The predicted octanol–water partition coefficient (Wildman–Crippen LogP) is 4.96. The van der Waals surface area contributed by atoms with Crippen LogP contribution in [0.4, 0.5) is 9.59 Å². The molecule has 0 fully saturated rings. The van der Waals surface area contributed by atoms with E-state index in [-0.39, 0.29) is 19.6 Å². The molecule has 2 N–H and O–H groups in total. The minimum Gasteiger partial charge on any atom is -0.443 e. The van der Waals surface area contributed by atoms with Crippen LogP contribution in [0.2, 0.25) is 0 Å². The molecular weight excluding hydrogens is 408 g/mol. The van der Waals surface area contributed by atoms with Crippen molar-refractivity contribution in [3.05, 3.63) is 84.4 Å². The van der Waals surface area contributed by atoms with Crippen LogP contribution in [0.25, 0.3) is 0 Å². The summed E-state index contributed by atoms with van der Waals surface area (Å²) in [5.41, 5.74) is 4.10. The highest BCUT2D eigenvalue weighted by molar-refractivity contribution is 5.74. The number of unbranched alkanes of at least 4 members (excludes halogenated alkanes) is 1. The van der Waals surface area contributed by atoms with Crippen LogP contribution < -0.4 is 5.43 Å². The maximum atomic E-state index is 12.9. The molecule has 0 bridgehead atoms. The van der Waals surface area contributed by atoms with Crippen molar-refractivity contribution in [2.45, 2.75) is 58.0 Å². The second kappa shape index (κ2) is 13.9. The van der Waals surface area contributed by atoms with Crippen LogP contribution in [0, 0.1) is 0 Å². The standard InChI is InChI=1S/C25H32N2O5/c1-3-5-17-22(23(28)12-4-2)27(25(30)32-19-21-15-10-7-11-16-21)26-24(29)31-18-20-13-8-6-9-14-20/h4,6-11,13-16,22-23,28H,2-3,5,12,17-19H2,1H3,(H,26,29)/t22-,23+/m1/s1. The fourth-order valence-electron chi connectivity index (χ4n) is 3.14. The van der Waals surface area contributed by atoms with Gasteiger partial charge >= 0.3 is 12.2 Å². The highest BCUT2D eigenvalue weighted by atomic mass is 16.6. The number of nitrogens with one attached hydrogen (secondary N) is 1. The first-order valence-corrected chi connectivity index (χ1v) is 10.8. The molecule has 0 heterocycles. The van der Waals surface area contributed by atoms with E-state index in [0.29, 0.717) is 6.42 Å². The van der Waals surface area contributed by atoms with Crippen molar-refractivity contribution in [1.29, 1.82) is 0 Å². The Morgan fingerprint density at radius 2 is 1.59 bits per heavy atom. The number of hydrazine groups is 1. The van der Waals surface area contributed by atoms with Crippen LogP contribution in [0.15, 0.2) is 73.3 Å². The highest BCUT2D eigenvalue weighted by Gasteiger charge is 2.32. The average molecular weight is 441 g/mol. The van der Waals surface area contributed by atoms with E-state index < -0.39 is 24.3 Å². The summed E-state index contributed by atoms with van der Waals surface area (Å²) in [6.45, 7) is 5.76. The number of aliphatic hydroxyl groups is 1. The first kappa shape index (κ1) is 24.9. The Labute approximate surface area is 189 Å². The lowest BCUT2D eigenvalue weighted by Crippen LogP contribution is -2.56. The number of amides is 2. The zero-order chi connectivity index (χ0) is 23.2. The third-order valence-corrected chi connectivity index (χ3v) is 4.86. The summed E-state index contributed by atoms with van der Waals surface area (Å²) in [6, 6.07) is 17.7. The molecule has 2 aromatic carbocycles. The number of hydrogen-bond donors (Lipinski definition) is 2. The van der Waals surface area contributed by atoms with Gasteiger partial charge in [-0.25, -0.2) is 20.0 Å². The minimum absolute atomic E-state index is 0.0367. The van der Waals surface area contributed by atoms with Gasteiger partial charge in [0.1, 0.15) is 13.2 Å². The minimum atomic E-state index is -0.919. The van der Waals surface area contributed by atoms with Crippen LogP contribution in [0.1, 0.15) is 43.7 Å². The fraction of sp³-hybridized carbons (Fsp3) is 0.360. The first-order valence-electron chi connectivity index (χ1n) is 10.8. The second-order valence-corrected chi connectivity index (χ2v) is 7.39. The van der Waals surface area contributed by atoms with Crippen molar-refractivity contribution < 1.29 is 24.2 Å². The third kappa shape index (κ3) is 8.43. The van der Waals surface area contributed by atoms with E-state index in [1.807, 2.05) is 67.6 Å². The lowest BCUT2D eigenvalue weighted by atomic mass is 10.0. The smallest absolute Gasteiger partial charge is 0.429 e. The van der Waals surface area contributed by atoms with E-state index in [1.165, 1.54) is 0 Å². The Hall–Kier alpha value is -3.32. The maximum absolute atomic E-state index is 12.9. The van der Waals surface area contributed by atoms with Crippen molar-refractivity contribution >= 4 is 12.2 Å². The zero-order valence-electron chi connectivity index (χ0n) is 18.5. The molecule has 7 heteroatoms. The van der Waals surface area contributed by atoms with Gasteiger partial charge in [0.05, 0.1) is 12.1 Å². The number of nitrogens with zero attached hydrogens (tertiary/aromatic N) is 1. The molecule has 0 aromatic heterocycles. The number of carbonyl (C=O) groups is 2. The van der Waals surface area contributed by atoms with Crippen LogP contribution in [-0.2, 0) is 22.7 Å². The second-order valence-electron chi connectivity index (χ2n) is 7.39. The third-order valence-electron chi connectivity index (χ3n) is 4.86. The van der Waals surface area contributed by atoms with E-state index in [0.717, 1.165) is 29.0 Å². The molecule has 0 saturated heterocycles. The van der Waals surface area contributed by atoms with Crippen LogP contribution in [0.5, 0.6) is 0 Å². The van der Waals surface area contributed by atoms with Gasteiger partial charge in [0.15, 0.2) is 0 Å². The number of hydrogen-bond acceptors (Lipinski definition) is 5. The molecule has 0 unspecified atom stereocenters. The van der Waals surface area contributed by atoms with Crippen LogP contribution >= 0.6 is 0 Å². The molecule has 0 radical (unpaired) electrons. The SMILES string of the molecule is C=CC[C@H](O)[C@@H](CCCC)N(NC(=O)OCc1ccccc1)C(=O)OCc1ccccc1. The Bertz CT molecular complexity index is 829. The Balaban J connectivity index is 2.11. The molecule has 0 aliphatic heterocycles. The van der Waals surface area contributed by atoms with Gasteiger partial charge in [0, 0.05) is 0 Å². The van der Waals surface area contributed by atoms with Crippen molar-refractivity contribution in [3.8, 4) is 0 Å². The molecule has 2 amide bonds. The fourth-order valence-corrected chi connectivity index (χ4v) is 3.14. The van der Waals surface area contributed by atoms with Crippen molar-refractivity contribution in [2.24, 2.45) is 0 Å². The largest absolute Gasteiger partial charge is 0.443 e. The summed E-state index contributed by atoms with van der Waals surface area (Å²) in [6.07, 6.45) is 1.43. The highest BCUT2D eigenvalue weighted by Crippen LogP contribution is 2.17. The molecule has 2 atom stereocenters.